The number of piperazine rings is 1. The van der Waals surface area contributed by atoms with Crippen molar-refractivity contribution in [2.24, 2.45) is 4.99 Å². The number of nitrogens with zero attached hydrogens (tertiary/aromatic N) is 4. The first-order chi connectivity index (χ1) is 14.1. The summed E-state index contributed by atoms with van der Waals surface area (Å²) in [5.41, 5.74) is 1.23. The molecule has 3 rings (SSSR count). The van der Waals surface area contributed by atoms with Gasteiger partial charge in [0.15, 0.2) is 17.5 Å². The number of hydrogen-bond acceptors (Lipinski definition) is 6. The molecule has 1 aliphatic rings. The molecule has 0 aliphatic carbocycles. The highest BCUT2D eigenvalue weighted by atomic mass is 127. The van der Waals surface area contributed by atoms with E-state index in [2.05, 4.69) is 44.1 Å². The SMILES string of the molecule is CN=C(NCCc1ncc(C)s1)N1CCN(Cc2ccc(OC)c(OC)c2)CC1.I. The molecule has 166 valence electrons. The number of guanidine groups is 1. The van der Waals surface area contributed by atoms with Crippen LogP contribution < -0.4 is 14.8 Å². The van der Waals surface area contributed by atoms with Crippen LogP contribution in [0.15, 0.2) is 29.4 Å². The van der Waals surface area contributed by atoms with Gasteiger partial charge in [0.2, 0.25) is 0 Å². The van der Waals surface area contributed by atoms with Crippen LogP contribution >= 0.6 is 35.3 Å². The Labute approximate surface area is 200 Å². The van der Waals surface area contributed by atoms with Crippen LogP contribution in [0.4, 0.5) is 0 Å². The van der Waals surface area contributed by atoms with Gasteiger partial charge in [-0.2, -0.15) is 0 Å². The largest absolute Gasteiger partial charge is 0.493 e. The molecule has 30 heavy (non-hydrogen) atoms. The average Bonchev–Trinajstić information content (AvgIpc) is 3.17. The number of nitrogens with one attached hydrogen (secondary N) is 1. The number of aromatic nitrogens is 1. The van der Waals surface area contributed by atoms with Crippen molar-refractivity contribution >= 4 is 41.3 Å². The van der Waals surface area contributed by atoms with Crippen molar-refractivity contribution in [3.63, 3.8) is 0 Å². The van der Waals surface area contributed by atoms with E-state index in [1.807, 2.05) is 19.3 Å². The van der Waals surface area contributed by atoms with Crippen LogP contribution in [-0.4, -0.2) is 74.7 Å². The maximum atomic E-state index is 5.42. The Morgan fingerprint density at radius 3 is 2.50 bits per heavy atom. The zero-order valence-corrected chi connectivity index (χ0v) is 21.3. The summed E-state index contributed by atoms with van der Waals surface area (Å²) in [6, 6.07) is 6.14. The number of benzene rings is 1. The predicted octanol–water partition coefficient (Wildman–Crippen LogP) is 3.02. The zero-order valence-electron chi connectivity index (χ0n) is 18.2. The Hall–Kier alpha value is -1.59. The molecule has 1 saturated heterocycles. The van der Waals surface area contributed by atoms with Gasteiger partial charge in [-0.3, -0.25) is 9.89 Å². The Morgan fingerprint density at radius 1 is 1.17 bits per heavy atom. The molecule has 0 saturated carbocycles. The number of rotatable bonds is 7. The molecule has 0 atom stereocenters. The second kappa shape index (κ2) is 12.3. The molecule has 2 aromatic rings. The average molecular weight is 545 g/mol. The molecule has 2 heterocycles. The summed E-state index contributed by atoms with van der Waals surface area (Å²) < 4.78 is 10.7. The van der Waals surface area contributed by atoms with Gasteiger partial charge in [-0.05, 0) is 24.6 Å². The number of halogens is 1. The number of ether oxygens (including phenoxy) is 2. The fraction of sp³-hybridized carbons (Fsp3) is 0.524. The maximum Gasteiger partial charge on any atom is 0.193 e. The lowest BCUT2D eigenvalue weighted by Gasteiger charge is -2.36. The molecule has 9 heteroatoms. The van der Waals surface area contributed by atoms with E-state index in [0.29, 0.717) is 0 Å². The highest BCUT2D eigenvalue weighted by Crippen LogP contribution is 2.28. The third kappa shape index (κ3) is 6.71. The molecular weight excluding hydrogens is 513 g/mol. The highest BCUT2D eigenvalue weighted by Gasteiger charge is 2.20. The fourth-order valence-corrected chi connectivity index (χ4v) is 4.27. The Kier molecular flexibility index (Phi) is 10.1. The van der Waals surface area contributed by atoms with Gasteiger partial charge >= 0.3 is 0 Å². The summed E-state index contributed by atoms with van der Waals surface area (Å²) in [4.78, 5) is 14.9. The van der Waals surface area contributed by atoms with Crippen LogP contribution in [0.2, 0.25) is 0 Å². The van der Waals surface area contributed by atoms with Gasteiger partial charge in [0.25, 0.3) is 0 Å². The quantitative estimate of drug-likeness (QED) is 0.328. The van der Waals surface area contributed by atoms with Crippen LogP contribution in [-0.2, 0) is 13.0 Å². The van der Waals surface area contributed by atoms with Crippen molar-refractivity contribution in [3.8, 4) is 11.5 Å². The zero-order chi connectivity index (χ0) is 20.6. The number of hydrogen-bond donors (Lipinski definition) is 1. The van der Waals surface area contributed by atoms with E-state index in [4.69, 9.17) is 9.47 Å². The summed E-state index contributed by atoms with van der Waals surface area (Å²) in [6.45, 7) is 7.78. The Balaban J connectivity index is 0.00000320. The summed E-state index contributed by atoms with van der Waals surface area (Å²) in [6.07, 6.45) is 2.86. The lowest BCUT2D eigenvalue weighted by molar-refractivity contribution is 0.172. The van der Waals surface area contributed by atoms with E-state index in [1.165, 1.54) is 15.4 Å². The lowest BCUT2D eigenvalue weighted by Crippen LogP contribution is -2.52. The number of aryl methyl sites for hydroxylation is 1. The van der Waals surface area contributed by atoms with Gasteiger partial charge in [0.05, 0.1) is 19.2 Å². The van der Waals surface area contributed by atoms with E-state index in [1.54, 1.807) is 25.6 Å². The topological polar surface area (TPSA) is 62.2 Å². The minimum absolute atomic E-state index is 0. The third-order valence-electron chi connectivity index (χ3n) is 5.03. The van der Waals surface area contributed by atoms with E-state index in [-0.39, 0.29) is 24.0 Å². The first-order valence-corrected chi connectivity index (χ1v) is 10.7. The Bertz CT molecular complexity index is 821. The molecule has 0 spiro atoms. The maximum absolute atomic E-state index is 5.42. The number of aliphatic imine (C=N–C) groups is 1. The van der Waals surface area contributed by atoms with E-state index >= 15 is 0 Å². The second-order valence-corrected chi connectivity index (χ2v) is 8.36. The molecule has 0 bridgehead atoms. The molecule has 1 aromatic carbocycles. The van der Waals surface area contributed by atoms with Gasteiger partial charge in [-0.25, -0.2) is 4.98 Å². The van der Waals surface area contributed by atoms with Gasteiger partial charge < -0.3 is 19.7 Å². The van der Waals surface area contributed by atoms with Gasteiger partial charge in [0, 0.05) is 63.8 Å². The summed E-state index contributed by atoms with van der Waals surface area (Å²) in [5.74, 6) is 2.52. The first-order valence-electron chi connectivity index (χ1n) is 9.93. The van der Waals surface area contributed by atoms with Crippen LogP contribution in [0.25, 0.3) is 0 Å². The molecule has 1 aliphatic heterocycles. The predicted molar refractivity (Wildman–Crippen MR) is 134 cm³/mol. The third-order valence-corrected chi connectivity index (χ3v) is 6.00. The van der Waals surface area contributed by atoms with Crippen molar-refractivity contribution in [2.75, 3.05) is 54.0 Å². The molecule has 0 amide bonds. The molecule has 1 fully saturated rings. The summed E-state index contributed by atoms with van der Waals surface area (Å²) in [5, 5.41) is 4.65. The smallest absolute Gasteiger partial charge is 0.193 e. The van der Waals surface area contributed by atoms with E-state index < -0.39 is 0 Å². The van der Waals surface area contributed by atoms with Gasteiger partial charge in [-0.1, -0.05) is 6.07 Å². The van der Waals surface area contributed by atoms with Crippen LogP contribution in [0, 0.1) is 6.92 Å². The van der Waals surface area contributed by atoms with E-state index in [9.17, 15) is 0 Å². The van der Waals surface area contributed by atoms with Crippen molar-refractivity contribution < 1.29 is 9.47 Å². The van der Waals surface area contributed by atoms with Crippen LogP contribution in [0.1, 0.15) is 15.4 Å². The lowest BCUT2D eigenvalue weighted by atomic mass is 10.1. The van der Waals surface area contributed by atoms with Crippen molar-refractivity contribution in [1.29, 1.82) is 0 Å². The molecule has 7 nitrogen and oxygen atoms in total. The first kappa shape index (κ1) is 24.7. The minimum atomic E-state index is 0. The van der Waals surface area contributed by atoms with Crippen molar-refractivity contribution in [2.45, 2.75) is 19.9 Å². The van der Waals surface area contributed by atoms with Crippen molar-refractivity contribution in [3.05, 3.63) is 39.8 Å². The van der Waals surface area contributed by atoms with Crippen molar-refractivity contribution in [1.82, 2.24) is 20.1 Å². The number of thiazole rings is 1. The van der Waals surface area contributed by atoms with E-state index in [0.717, 1.165) is 63.1 Å². The van der Waals surface area contributed by atoms with Gasteiger partial charge in [-0.15, -0.1) is 35.3 Å². The fourth-order valence-electron chi connectivity index (χ4n) is 3.49. The number of methoxy groups -OCH3 is 2. The monoisotopic (exact) mass is 545 g/mol. The van der Waals surface area contributed by atoms with Crippen LogP contribution in [0.5, 0.6) is 11.5 Å². The summed E-state index contributed by atoms with van der Waals surface area (Å²) in [7, 11) is 5.19. The molecule has 0 unspecified atom stereocenters. The minimum Gasteiger partial charge on any atom is -0.493 e. The second-order valence-electron chi connectivity index (χ2n) is 7.04. The van der Waals surface area contributed by atoms with Gasteiger partial charge in [0.1, 0.15) is 0 Å². The highest BCUT2D eigenvalue weighted by molar-refractivity contribution is 14.0. The molecule has 1 aromatic heterocycles. The molecule has 0 radical (unpaired) electrons. The summed E-state index contributed by atoms with van der Waals surface area (Å²) >= 11 is 1.76. The molecular formula is C21H32IN5O2S. The molecule has 1 N–H and O–H groups in total. The normalized spacial score (nSPS) is 14.9. The standard InChI is InChI=1S/C21H31N5O2S.HI/c1-16-14-24-20(29-16)7-8-23-21(22-2)26-11-9-25(10-12-26)15-17-5-6-18(27-3)19(13-17)28-4;/h5-6,13-14H,7-12,15H2,1-4H3,(H,22,23);1H. The van der Waals surface area contributed by atoms with Crippen LogP contribution in [0.3, 0.4) is 0 Å². The Morgan fingerprint density at radius 2 is 1.90 bits per heavy atom.